The SMILES string of the molecule is CC=CC(=NC)N(C)C(=N)N. The molecule has 0 aliphatic carbocycles. The molecule has 0 bridgehead atoms. The Hall–Kier alpha value is -1.32. The Morgan fingerprint density at radius 1 is 1.64 bits per heavy atom. The molecular weight excluding hydrogens is 140 g/mol. The number of nitrogens with two attached hydrogens (primary N) is 1. The summed E-state index contributed by atoms with van der Waals surface area (Å²) < 4.78 is 0. The molecular formula is C7H14N4. The van der Waals surface area contributed by atoms with Crippen molar-refractivity contribution in [2.75, 3.05) is 14.1 Å². The molecule has 0 aliphatic heterocycles. The molecule has 0 rings (SSSR count). The van der Waals surface area contributed by atoms with Gasteiger partial charge in [-0.25, -0.2) is 0 Å². The molecule has 0 saturated carbocycles. The molecule has 11 heavy (non-hydrogen) atoms. The van der Waals surface area contributed by atoms with Crippen LogP contribution in [-0.2, 0) is 0 Å². The summed E-state index contributed by atoms with van der Waals surface area (Å²) in [7, 11) is 3.36. The van der Waals surface area contributed by atoms with Crippen LogP contribution in [-0.4, -0.2) is 30.8 Å². The van der Waals surface area contributed by atoms with Gasteiger partial charge in [0.05, 0.1) is 0 Å². The van der Waals surface area contributed by atoms with E-state index in [9.17, 15) is 0 Å². The standard InChI is InChI=1S/C7H14N4/c1-4-5-6(10-2)11(3)7(8)9/h4-5H,1-3H3,(H3,8,9). The third-order valence-electron chi connectivity index (χ3n) is 1.25. The number of rotatable bonds is 1. The summed E-state index contributed by atoms with van der Waals surface area (Å²) in [6.45, 7) is 1.89. The number of nitrogens with one attached hydrogen (secondary N) is 1. The van der Waals surface area contributed by atoms with Gasteiger partial charge in [-0.1, -0.05) is 6.08 Å². The summed E-state index contributed by atoms with van der Waals surface area (Å²) >= 11 is 0. The molecule has 0 fully saturated rings. The third kappa shape index (κ3) is 2.84. The van der Waals surface area contributed by atoms with Crippen LogP contribution in [0.3, 0.4) is 0 Å². The lowest BCUT2D eigenvalue weighted by atomic mass is 10.4. The van der Waals surface area contributed by atoms with Crippen LogP contribution in [0.2, 0.25) is 0 Å². The minimum atomic E-state index is -0.0105. The van der Waals surface area contributed by atoms with Gasteiger partial charge in [-0.15, -0.1) is 0 Å². The van der Waals surface area contributed by atoms with Crippen molar-refractivity contribution in [3.63, 3.8) is 0 Å². The maximum Gasteiger partial charge on any atom is 0.193 e. The maximum absolute atomic E-state index is 7.10. The van der Waals surface area contributed by atoms with E-state index in [4.69, 9.17) is 11.1 Å². The minimum absolute atomic E-state index is 0.0105. The first kappa shape index (κ1) is 9.68. The molecule has 0 radical (unpaired) electrons. The molecule has 0 atom stereocenters. The van der Waals surface area contributed by atoms with Gasteiger partial charge in [-0.3, -0.25) is 10.4 Å². The topological polar surface area (TPSA) is 65.5 Å². The molecule has 0 aromatic rings. The smallest absolute Gasteiger partial charge is 0.193 e. The van der Waals surface area contributed by atoms with Gasteiger partial charge in [0.15, 0.2) is 5.96 Å². The summed E-state index contributed by atoms with van der Waals surface area (Å²) in [5.41, 5.74) is 5.24. The number of aliphatic imine (C=N–C) groups is 1. The van der Waals surface area contributed by atoms with Gasteiger partial charge >= 0.3 is 0 Å². The normalized spacial score (nSPS) is 12.1. The lowest BCUT2D eigenvalue weighted by Gasteiger charge is -2.15. The second-order valence-corrected chi connectivity index (χ2v) is 2.03. The number of nitrogens with zero attached hydrogens (tertiary/aromatic N) is 2. The van der Waals surface area contributed by atoms with Crippen LogP contribution in [0.25, 0.3) is 0 Å². The van der Waals surface area contributed by atoms with Crippen molar-refractivity contribution in [2.45, 2.75) is 6.92 Å². The number of guanidine groups is 1. The maximum atomic E-state index is 7.10. The molecule has 0 heterocycles. The highest BCUT2D eigenvalue weighted by Gasteiger charge is 2.02. The fraction of sp³-hybridized carbons (Fsp3) is 0.429. The van der Waals surface area contributed by atoms with Crippen molar-refractivity contribution < 1.29 is 0 Å². The van der Waals surface area contributed by atoms with Crippen molar-refractivity contribution in [3.8, 4) is 0 Å². The van der Waals surface area contributed by atoms with E-state index < -0.39 is 0 Å². The average Bonchev–Trinajstić information content (AvgIpc) is 1.98. The molecule has 0 aromatic heterocycles. The number of allylic oxidation sites excluding steroid dienone is 1. The van der Waals surface area contributed by atoms with Crippen LogP contribution in [0.1, 0.15) is 6.92 Å². The zero-order chi connectivity index (χ0) is 8.85. The van der Waals surface area contributed by atoms with Crippen LogP contribution in [0.5, 0.6) is 0 Å². The Morgan fingerprint density at radius 2 is 2.18 bits per heavy atom. The van der Waals surface area contributed by atoms with Crippen LogP contribution < -0.4 is 5.73 Å². The predicted octanol–water partition coefficient (Wildman–Crippen LogP) is 0.416. The molecule has 0 aromatic carbocycles. The lowest BCUT2D eigenvalue weighted by molar-refractivity contribution is 0.736. The van der Waals surface area contributed by atoms with Crippen molar-refractivity contribution in [1.29, 1.82) is 5.41 Å². The van der Waals surface area contributed by atoms with Crippen molar-refractivity contribution in [3.05, 3.63) is 12.2 Å². The zero-order valence-corrected chi connectivity index (χ0v) is 7.13. The summed E-state index contributed by atoms with van der Waals surface area (Å²) in [4.78, 5) is 5.43. The van der Waals surface area contributed by atoms with Gasteiger partial charge in [0, 0.05) is 14.1 Å². The Bertz CT molecular complexity index is 193. The lowest BCUT2D eigenvalue weighted by Crippen LogP contribution is -2.36. The van der Waals surface area contributed by atoms with Gasteiger partial charge in [0.2, 0.25) is 0 Å². The molecule has 0 unspecified atom stereocenters. The Balaban J connectivity index is 4.40. The van der Waals surface area contributed by atoms with E-state index in [0.717, 1.165) is 0 Å². The summed E-state index contributed by atoms with van der Waals surface area (Å²) in [5.74, 6) is 0.670. The quantitative estimate of drug-likeness (QED) is 0.424. The first-order valence-electron chi connectivity index (χ1n) is 3.30. The third-order valence-corrected chi connectivity index (χ3v) is 1.25. The highest BCUT2D eigenvalue weighted by atomic mass is 15.2. The largest absolute Gasteiger partial charge is 0.370 e. The summed E-state index contributed by atoms with van der Waals surface area (Å²) in [6, 6.07) is 0. The molecule has 0 aliphatic rings. The zero-order valence-electron chi connectivity index (χ0n) is 7.13. The first-order chi connectivity index (χ1) is 5.13. The van der Waals surface area contributed by atoms with Gasteiger partial charge in [-0.05, 0) is 13.0 Å². The van der Waals surface area contributed by atoms with Gasteiger partial charge in [0.25, 0.3) is 0 Å². The number of amidine groups is 1. The number of likely N-dealkylation sites (N-methyl/N-ethyl adjacent to an activating group) is 1. The second kappa shape index (κ2) is 4.49. The van der Waals surface area contributed by atoms with Crippen molar-refractivity contribution in [1.82, 2.24) is 4.90 Å². The van der Waals surface area contributed by atoms with E-state index in [1.165, 1.54) is 4.90 Å². The molecule has 0 amide bonds. The number of hydrogen-bond donors (Lipinski definition) is 2. The minimum Gasteiger partial charge on any atom is -0.370 e. The van der Waals surface area contributed by atoms with Gasteiger partial charge in [-0.2, -0.15) is 0 Å². The van der Waals surface area contributed by atoms with Gasteiger partial charge in [0.1, 0.15) is 5.84 Å². The first-order valence-corrected chi connectivity index (χ1v) is 3.30. The fourth-order valence-electron chi connectivity index (χ4n) is 0.609. The van der Waals surface area contributed by atoms with Crippen LogP contribution in [0.4, 0.5) is 0 Å². The predicted molar refractivity (Wildman–Crippen MR) is 47.9 cm³/mol. The molecule has 4 heteroatoms. The Morgan fingerprint density at radius 3 is 2.45 bits per heavy atom. The molecule has 4 nitrogen and oxygen atoms in total. The van der Waals surface area contributed by atoms with Crippen LogP contribution in [0.15, 0.2) is 17.1 Å². The average molecular weight is 154 g/mol. The monoisotopic (exact) mass is 154 g/mol. The molecule has 0 saturated heterocycles. The highest BCUT2D eigenvalue weighted by molar-refractivity contribution is 6.03. The van der Waals surface area contributed by atoms with Crippen molar-refractivity contribution >= 4 is 11.8 Å². The van der Waals surface area contributed by atoms with Crippen molar-refractivity contribution in [2.24, 2.45) is 10.7 Å². The van der Waals surface area contributed by atoms with Crippen LogP contribution >= 0.6 is 0 Å². The van der Waals surface area contributed by atoms with E-state index in [-0.39, 0.29) is 5.96 Å². The molecule has 0 spiro atoms. The highest BCUT2D eigenvalue weighted by Crippen LogP contribution is 1.88. The molecule has 3 N–H and O–H groups in total. The van der Waals surface area contributed by atoms with E-state index in [2.05, 4.69) is 4.99 Å². The number of hydrogen-bond acceptors (Lipinski definition) is 2. The van der Waals surface area contributed by atoms with E-state index in [1.807, 2.05) is 13.0 Å². The van der Waals surface area contributed by atoms with E-state index in [0.29, 0.717) is 5.84 Å². The van der Waals surface area contributed by atoms with Crippen LogP contribution in [0, 0.1) is 5.41 Å². The fourth-order valence-corrected chi connectivity index (χ4v) is 0.609. The Labute approximate surface area is 66.9 Å². The summed E-state index contributed by atoms with van der Waals surface area (Å²) in [6.07, 6.45) is 3.64. The Kier molecular flexibility index (Phi) is 3.95. The molecule has 62 valence electrons. The van der Waals surface area contributed by atoms with E-state index in [1.54, 1.807) is 20.2 Å². The van der Waals surface area contributed by atoms with E-state index >= 15 is 0 Å². The second-order valence-electron chi connectivity index (χ2n) is 2.03. The van der Waals surface area contributed by atoms with Gasteiger partial charge < -0.3 is 10.6 Å². The summed E-state index contributed by atoms with van der Waals surface area (Å²) in [5, 5.41) is 7.10.